The minimum atomic E-state index is -0.250. The van der Waals surface area contributed by atoms with Crippen LogP contribution in [0.15, 0.2) is 94.1 Å². The maximum Gasteiger partial charge on any atom is 0.300 e. The normalized spacial score (nSPS) is 18.2. The molecule has 2 aliphatic carbocycles. The number of carbonyl (C=O) groups is 2. The van der Waals surface area contributed by atoms with Gasteiger partial charge in [0.1, 0.15) is 5.52 Å². The van der Waals surface area contributed by atoms with Crippen LogP contribution in [0.5, 0.6) is 0 Å². The van der Waals surface area contributed by atoms with Gasteiger partial charge >= 0.3 is 0 Å². The van der Waals surface area contributed by atoms with Gasteiger partial charge in [0.25, 0.3) is 12.5 Å². The smallest absolute Gasteiger partial charge is 0.300 e. The Bertz CT molecular complexity index is 1300. The predicted molar refractivity (Wildman–Crippen MR) is 170 cm³/mol. The fourth-order valence-electron chi connectivity index (χ4n) is 4.93. The number of carbonyl (C=O) groups excluding carboxylic acids is 1. The summed E-state index contributed by atoms with van der Waals surface area (Å²) in [5.74, 6) is 0.517. The van der Waals surface area contributed by atoms with E-state index in [2.05, 4.69) is 54.2 Å². The molecule has 0 atom stereocenters. The summed E-state index contributed by atoms with van der Waals surface area (Å²) in [7, 11) is 0. The third kappa shape index (κ3) is 10.9. The number of anilines is 1. The number of fused-ring (bicyclic) bond motifs is 1. The van der Waals surface area contributed by atoms with Gasteiger partial charge in [-0.1, -0.05) is 95.6 Å². The molecule has 0 amide bonds. The molecule has 1 saturated carbocycles. The van der Waals surface area contributed by atoms with E-state index in [1.165, 1.54) is 25.7 Å². The monoisotopic (exact) mass is 558 g/mol. The van der Waals surface area contributed by atoms with Gasteiger partial charge in [0.15, 0.2) is 11.4 Å². The van der Waals surface area contributed by atoms with Gasteiger partial charge < -0.3 is 14.8 Å². The third-order valence-corrected chi connectivity index (χ3v) is 6.88. The van der Waals surface area contributed by atoms with Crippen LogP contribution in [0.4, 0.5) is 6.01 Å². The zero-order chi connectivity index (χ0) is 30.0. The van der Waals surface area contributed by atoms with Crippen LogP contribution in [0.1, 0.15) is 84.1 Å². The molecule has 0 bridgehead atoms. The van der Waals surface area contributed by atoms with E-state index in [4.69, 9.17) is 14.3 Å². The quantitative estimate of drug-likeness (QED) is 0.190. The predicted octanol–water partition coefficient (Wildman–Crippen LogP) is 9.42. The Labute approximate surface area is 245 Å². The van der Waals surface area contributed by atoms with Crippen molar-refractivity contribution in [3.05, 3.63) is 95.3 Å². The average Bonchev–Trinajstić information content (AvgIpc) is 3.14. The van der Waals surface area contributed by atoms with Gasteiger partial charge in [0, 0.05) is 17.2 Å². The number of aromatic nitrogens is 1. The van der Waals surface area contributed by atoms with E-state index in [0.717, 1.165) is 65.5 Å². The Morgan fingerprint density at radius 3 is 2.37 bits per heavy atom. The molecule has 1 aromatic heterocycles. The van der Waals surface area contributed by atoms with E-state index in [9.17, 15) is 4.79 Å². The van der Waals surface area contributed by atoms with Crippen molar-refractivity contribution >= 4 is 29.4 Å². The molecule has 1 heterocycles. The van der Waals surface area contributed by atoms with E-state index >= 15 is 0 Å². The van der Waals surface area contributed by atoms with Crippen LogP contribution in [0.2, 0.25) is 0 Å². The molecule has 2 aliphatic rings. The van der Waals surface area contributed by atoms with Gasteiger partial charge in [-0.2, -0.15) is 4.98 Å². The highest BCUT2D eigenvalue weighted by atomic mass is 16.4. The Hall–Kier alpha value is -3.93. The first-order valence-electron chi connectivity index (χ1n) is 14.9. The first kappa shape index (κ1) is 33.3. The summed E-state index contributed by atoms with van der Waals surface area (Å²) >= 11 is 0. The molecule has 0 spiro atoms. The molecule has 4 rings (SSSR count). The summed E-state index contributed by atoms with van der Waals surface area (Å²) in [6.07, 6.45) is 24.4. The van der Waals surface area contributed by atoms with E-state index in [1.54, 1.807) is 0 Å². The topological polar surface area (TPSA) is 92.4 Å². The van der Waals surface area contributed by atoms with Crippen molar-refractivity contribution in [2.24, 2.45) is 5.92 Å². The molecular formula is C35H46N2O4. The highest BCUT2D eigenvalue weighted by molar-refractivity contribution is 5.99. The molecule has 0 aliphatic heterocycles. The summed E-state index contributed by atoms with van der Waals surface area (Å²) in [5, 5.41) is 10.0. The fourth-order valence-corrected chi connectivity index (χ4v) is 4.93. The summed E-state index contributed by atoms with van der Waals surface area (Å²) in [6.45, 7) is 12.0. The lowest BCUT2D eigenvalue weighted by Gasteiger charge is -2.15. The molecule has 1 aromatic carbocycles. The van der Waals surface area contributed by atoms with Crippen LogP contribution in [0, 0.1) is 12.8 Å². The second kappa shape index (κ2) is 18.4. The Balaban J connectivity index is 0.00000110. The first-order chi connectivity index (χ1) is 19.9. The molecule has 0 saturated heterocycles. The zero-order valence-electron chi connectivity index (χ0n) is 25.1. The molecule has 41 heavy (non-hydrogen) atoms. The number of rotatable bonds is 8. The fraction of sp³-hybridized carbons (Fsp3) is 0.400. The van der Waals surface area contributed by atoms with E-state index in [0.29, 0.717) is 17.5 Å². The van der Waals surface area contributed by atoms with Gasteiger partial charge in [-0.25, -0.2) is 0 Å². The van der Waals surface area contributed by atoms with Crippen molar-refractivity contribution in [1.29, 1.82) is 0 Å². The molecular weight excluding hydrogens is 512 g/mol. The Kier molecular flexibility index (Phi) is 15.0. The minimum Gasteiger partial charge on any atom is -0.483 e. The molecule has 0 unspecified atom stereocenters. The van der Waals surface area contributed by atoms with Crippen LogP contribution in [0.25, 0.3) is 11.1 Å². The standard InChI is InChI=1S/C32H38N2O2.C2H6.CH2O2/c1-4-11-25(18-17-24(3)33-32-34-29-22-23(2)16-21-30(29)36-32)26-12-9-10-15-28(20-19-26)31(35)27-13-7-5-6-8-14-27;1-2;2-1-3/h11-12,15-22,27H,3-10,13-14H2,1-2H3,(H,33,34);1-2H3;1H,(H,2,3)/b18-17-,20-19-,25-11?,26-12?,28-15+;;. The number of nitrogens with zero attached hydrogens (tertiary/aromatic N) is 1. The molecule has 0 radical (unpaired) electrons. The highest BCUT2D eigenvalue weighted by Crippen LogP contribution is 2.28. The number of Topliss-reactive ketones (excluding diaryl/α,β-unsaturated/α-hetero) is 1. The number of nitrogens with one attached hydrogen (secondary N) is 1. The highest BCUT2D eigenvalue weighted by Gasteiger charge is 2.22. The second-order valence-corrected chi connectivity index (χ2v) is 9.93. The number of oxazole rings is 1. The van der Waals surface area contributed by atoms with Crippen molar-refractivity contribution in [2.45, 2.75) is 85.5 Å². The summed E-state index contributed by atoms with van der Waals surface area (Å²) in [6, 6.07) is 6.37. The number of hydrogen-bond donors (Lipinski definition) is 2. The summed E-state index contributed by atoms with van der Waals surface area (Å²) in [5.41, 5.74) is 6.55. The van der Waals surface area contributed by atoms with Crippen molar-refractivity contribution in [3.63, 3.8) is 0 Å². The largest absolute Gasteiger partial charge is 0.483 e. The van der Waals surface area contributed by atoms with Crippen LogP contribution in [-0.2, 0) is 9.59 Å². The summed E-state index contributed by atoms with van der Waals surface area (Å²) < 4.78 is 5.79. The third-order valence-electron chi connectivity index (χ3n) is 6.88. The Morgan fingerprint density at radius 2 is 1.71 bits per heavy atom. The van der Waals surface area contributed by atoms with E-state index in [1.807, 2.05) is 51.1 Å². The van der Waals surface area contributed by atoms with Crippen molar-refractivity contribution in [2.75, 3.05) is 5.32 Å². The number of ketones is 1. The number of hydrogen-bond acceptors (Lipinski definition) is 5. The molecule has 2 N–H and O–H groups in total. The molecule has 6 nitrogen and oxygen atoms in total. The van der Waals surface area contributed by atoms with E-state index < -0.39 is 0 Å². The minimum absolute atomic E-state index is 0.186. The molecule has 1 fully saturated rings. The maximum absolute atomic E-state index is 13.2. The Morgan fingerprint density at radius 1 is 1.07 bits per heavy atom. The van der Waals surface area contributed by atoms with Crippen LogP contribution < -0.4 is 5.32 Å². The number of allylic oxidation sites excluding steroid dienone is 10. The van der Waals surface area contributed by atoms with Crippen LogP contribution in [0.3, 0.4) is 0 Å². The SMILES string of the molecule is C=C(/C=C\C(=CCC)C1=CCC/C=C(C(=O)C2CCCCCC2)\C=C/1)Nc1nc2cc(C)ccc2o1.CC.O=CO. The number of aryl methyl sites for hydroxylation is 1. The summed E-state index contributed by atoms with van der Waals surface area (Å²) in [4.78, 5) is 26.1. The molecule has 2 aromatic rings. The van der Waals surface area contributed by atoms with Crippen molar-refractivity contribution in [3.8, 4) is 0 Å². The number of benzene rings is 1. The van der Waals surface area contributed by atoms with E-state index in [-0.39, 0.29) is 12.4 Å². The van der Waals surface area contributed by atoms with Crippen molar-refractivity contribution in [1.82, 2.24) is 4.98 Å². The van der Waals surface area contributed by atoms with Crippen LogP contribution >= 0.6 is 0 Å². The lowest BCUT2D eigenvalue weighted by Crippen LogP contribution is -2.15. The number of carboxylic acid groups (broad SMARTS) is 1. The van der Waals surface area contributed by atoms with Crippen LogP contribution in [-0.4, -0.2) is 22.3 Å². The lowest BCUT2D eigenvalue weighted by molar-refractivity contribution is -0.123. The molecule has 6 heteroatoms. The molecule has 220 valence electrons. The first-order valence-corrected chi connectivity index (χ1v) is 14.9. The van der Waals surface area contributed by atoms with Gasteiger partial charge in [-0.3, -0.25) is 9.59 Å². The maximum atomic E-state index is 13.2. The van der Waals surface area contributed by atoms with Gasteiger partial charge in [0.2, 0.25) is 0 Å². The lowest BCUT2D eigenvalue weighted by atomic mass is 9.88. The second-order valence-electron chi connectivity index (χ2n) is 9.93. The van der Waals surface area contributed by atoms with Crippen molar-refractivity contribution < 1.29 is 19.1 Å². The zero-order valence-corrected chi connectivity index (χ0v) is 25.1. The van der Waals surface area contributed by atoms with Gasteiger partial charge in [0.05, 0.1) is 0 Å². The van der Waals surface area contributed by atoms with Gasteiger partial charge in [-0.15, -0.1) is 0 Å². The van der Waals surface area contributed by atoms with Gasteiger partial charge in [-0.05, 0) is 73.9 Å². The average molecular weight is 559 g/mol.